The molecule has 0 atom stereocenters. The van der Waals surface area contributed by atoms with Crippen LogP contribution in [-0.2, 0) is 0 Å². The second-order valence-electron chi connectivity index (χ2n) is 18.1. The minimum Gasteiger partial charge on any atom is -0.508 e. The highest BCUT2D eigenvalue weighted by Crippen LogP contribution is 2.44. The fraction of sp³-hybridized carbons (Fsp3) is 0.200. The zero-order valence-electron chi connectivity index (χ0n) is 39.6. The lowest BCUT2D eigenvalue weighted by Crippen LogP contribution is -2.45. The van der Waals surface area contributed by atoms with E-state index in [1.807, 2.05) is 26.0 Å². The molecule has 5 N–H and O–H groups in total. The summed E-state index contributed by atoms with van der Waals surface area (Å²) in [6.07, 6.45) is 3.55. The number of carboxylic acid groups (broad SMARTS) is 1. The molecule has 4 aromatic heterocycles. The van der Waals surface area contributed by atoms with E-state index >= 15 is 0 Å². The Morgan fingerprint density at radius 2 is 1.68 bits per heavy atom. The van der Waals surface area contributed by atoms with Crippen LogP contribution in [0, 0.1) is 19.7 Å². The van der Waals surface area contributed by atoms with Gasteiger partial charge in [0.05, 0.1) is 40.5 Å². The van der Waals surface area contributed by atoms with E-state index in [9.17, 15) is 33.8 Å². The summed E-state index contributed by atoms with van der Waals surface area (Å²) in [6.45, 7) is 6.07. The van der Waals surface area contributed by atoms with Crippen molar-refractivity contribution in [3.05, 3.63) is 142 Å². The van der Waals surface area contributed by atoms with E-state index in [4.69, 9.17) is 23.6 Å². The summed E-state index contributed by atoms with van der Waals surface area (Å²) < 4.78 is 32.1. The number of phenolic OH excluding ortho intramolecular Hbond substituents is 1. The molecular formula is C55H45FN8O9. The summed E-state index contributed by atoms with van der Waals surface area (Å²) in [4.78, 5) is 72.3. The number of benzene rings is 5. The fourth-order valence-electron chi connectivity index (χ4n) is 10.1. The van der Waals surface area contributed by atoms with Gasteiger partial charge in [0, 0.05) is 93.5 Å². The Balaban J connectivity index is 0.772. The topological polar surface area (TPSA) is 239 Å². The molecule has 8 aromatic rings. The number of carbonyl (C=O) groups is 3. The first-order chi connectivity index (χ1) is 35.3. The van der Waals surface area contributed by atoms with Crippen LogP contribution in [0.2, 0.25) is 0 Å². The monoisotopic (exact) mass is 980 g/mol. The average Bonchev–Trinajstić information content (AvgIpc) is 3.92. The molecule has 1 aliphatic carbocycles. The summed E-state index contributed by atoms with van der Waals surface area (Å²) in [5.41, 5.74) is 6.19. The number of phenols is 1. The molecule has 0 unspecified atom stereocenters. The average molecular weight is 981 g/mol. The lowest BCUT2D eigenvalue weighted by molar-refractivity contribution is 0.0697. The maximum atomic E-state index is 14.8. The SMILES string of the molecule is COc1cc2c(cc1-c1c(C)noc1C)[nH]c1nc(C(=O)NC3CCN(CCCNC(=O)c4ccc(-c5c6ccc(=O)cc-6oc6cc(O)ccc56)c(C(=O)O)c4)CC3)nc(-c3ccnc4ccc(F)cc34)c12. The third-order valence-electron chi connectivity index (χ3n) is 13.6. The first kappa shape index (κ1) is 46.4. The molecule has 73 heavy (non-hydrogen) atoms. The first-order valence-electron chi connectivity index (χ1n) is 23.6. The van der Waals surface area contributed by atoms with E-state index in [1.165, 1.54) is 42.5 Å². The van der Waals surface area contributed by atoms with E-state index in [1.54, 1.807) is 49.7 Å². The molecule has 4 aromatic carbocycles. The number of methoxy groups -OCH3 is 1. The molecule has 17 nitrogen and oxygen atoms in total. The smallest absolute Gasteiger partial charge is 0.336 e. The van der Waals surface area contributed by atoms with Gasteiger partial charge in [0.2, 0.25) is 5.82 Å². The number of aromatic amines is 1. The molecule has 6 heterocycles. The lowest BCUT2D eigenvalue weighted by atomic mass is 9.90. The van der Waals surface area contributed by atoms with E-state index in [0.29, 0.717) is 123 Å². The Morgan fingerprint density at radius 3 is 2.47 bits per heavy atom. The van der Waals surface area contributed by atoms with Crippen molar-refractivity contribution in [2.75, 3.05) is 33.3 Å². The number of hydrogen-bond acceptors (Lipinski definition) is 13. The summed E-state index contributed by atoms with van der Waals surface area (Å²) in [5, 5.41) is 33.1. The highest BCUT2D eigenvalue weighted by atomic mass is 19.1. The Bertz CT molecular complexity index is 3890. The second kappa shape index (κ2) is 18.6. The zero-order valence-corrected chi connectivity index (χ0v) is 39.6. The maximum absolute atomic E-state index is 14.8. The number of fused-ring (bicyclic) bond motifs is 6. The van der Waals surface area contributed by atoms with Crippen LogP contribution in [0.3, 0.4) is 0 Å². The molecule has 1 fully saturated rings. The number of likely N-dealkylation sites (tertiary alicyclic amines) is 1. The van der Waals surface area contributed by atoms with Crippen LogP contribution in [-0.4, -0.2) is 97.3 Å². The number of halogens is 1. The number of carbonyl (C=O) groups excluding carboxylic acids is 2. The number of nitrogens with zero attached hydrogens (tertiary/aromatic N) is 5. The van der Waals surface area contributed by atoms with Crippen LogP contribution in [0.25, 0.3) is 88.6 Å². The summed E-state index contributed by atoms with van der Waals surface area (Å²) in [6, 6.07) is 22.9. The number of amides is 2. The molecule has 18 heteroatoms. The summed E-state index contributed by atoms with van der Waals surface area (Å²) in [5.74, 6) is -1.30. The summed E-state index contributed by atoms with van der Waals surface area (Å²) >= 11 is 0. The number of hydrogen-bond donors (Lipinski definition) is 5. The molecule has 2 aliphatic heterocycles. The largest absolute Gasteiger partial charge is 0.508 e. The number of carboxylic acids is 1. The molecular weight excluding hydrogens is 936 g/mol. The predicted molar refractivity (Wildman–Crippen MR) is 271 cm³/mol. The molecule has 3 aliphatic rings. The van der Waals surface area contributed by atoms with Crippen molar-refractivity contribution >= 4 is 61.6 Å². The Kier molecular flexibility index (Phi) is 11.8. The van der Waals surface area contributed by atoms with Crippen LogP contribution in [0.4, 0.5) is 4.39 Å². The Morgan fingerprint density at radius 1 is 0.863 bits per heavy atom. The molecule has 0 spiro atoms. The lowest BCUT2D eigenvalue weighted by Gasteiger charge is -2.32. The zero-order chi connectivity index (χ0) is 50.7. The standard InChI is InChI=1S/C55H45FN8O9/c1-27-47(28(2)73-63-27)41-25-43-40(26-44(41)71-3)49-50(35-13-17-57-42-12-6-30(56)22-38(35)42)61-52(62-51(49)60-43)54(68)59-31-14-19-64(20-15-31)18-4-16-58-53(67)29-5-9-34(39(21-29)55(69)70)48-36-10-7-32(65)23-45(36)72-46-24-33(66)8-11-37(46)48/h5-13,17,21-26,31,65H,4,14-16,18-20H2,1-3H3,(H,58,67)(H,59,68)(H,69,70)(H,60,61,62). The van der Waals surface area contributed by atoms with E-state index in [2.05, 4.69) is 30.7 Å². The molecule has 0 radical (unpaired) electrons. The van der Waals surface area contributed by atoms with Gasteiger partial charge in [0.25, 0.3) is 11.8 Å². The van der Waals surface area contributed by atoms with Gasteiger partial charge in [0.1, 0.15) is 40.1 Å². The van der Waals surface area contributed by atoms with Crippen molar-refractivity contribution < 1.29 is 42.7 Å². The second-order valence-corrected chi connectivity index (χ2v) is 18.1. The van der Waals surface area contributed by atoms with Crippen molar-refractivity contribution in [2.45, 2.75) is 39.2 Å². The van der Waals surface area contributed by atoms with Crippen LogP contribution in [0.1, 0.15) is 62.1 Å². The number of ether oxygens (including phenoxy) is 1. The van der Waals surface area contributed by atoms with Crippen LogP contribution in [0.5, 0.6) is 11.5 Å². The van der Waals surface area contributed by atoms with Gasteiger partial charge >= 0.3 is 5.97 Å². The van der Waals surface area contributed by atoms with E-state index < -0.39 is 23.6 Å². The number of nitrogens with one attached hydrogen (secondary N) is 3. The van der Waals surface area contributed by atoms with E-state index in [-0.39, 0.29) is 45.5 Å². The number of aromatic hydroxyl groups is 1. The third kappa shape index (κ3) is 8.60. The fourth-order valence-corrected chi connectivity index (χ4v) is 10.1. The first-order valence-corrected chi connectivity index (χ1v) is 23.6. The number of piperidine rings is 1. The van der Waals surface area contributed by atoms with Gasteiger partial charge in [-0.15, -0.1) is 0 Å². The van der Waals surface area contributed by atoms with Gasteiger partial charge in [-0.2, -0.15) is 0 Å². The van der Waals surface area contributed by atoms with Gasteiger partial charge < -0.3 is 44.4 Å². The highest BCUT2D eigenvalue weighted by Gasteiger charge is 2.28. The normalized spacial score (nSPS) is 13.4. The molecule has 1 saturated heterocycles. The molecule has 11 rings (SSSR count). The van der Waals surface area contributed by atoms with Crippen molar-refractivity contribution in [3.63, 3.8) is 0 Å². The van der Waals surface area contributed by atoms with Crippen molar-refractivity contribution in [1.82, 2.24) is 40.6 Å². The van der Waals surface area contributed by atoms with Gasteiger partial charge in [0.15, 0.2) is 5.43 Å². The van der Waals surface area contributed by atoms with Crippen molar-refractivity contribution in [1.29, 1.82) is 0 Å². The van der Waals surface area contributed by atoms with Gasteiger partial charge in [-0.05, 0) is 118 Å². The third-order valence-corrected chi connectivity index (χ3v) is 13.6. The van der Waals surface area contributed by atoms with Gasteiger partial charge in [-0.3, -0.25) is 19.4 Å². The minimum absolute atomic E-state index is 0.0605. The van der Waals surface area contributed by atoms with Gasteiger partial charge in [-0.25, -0.2) is 19.2 Å². The molecule has 2 amide bonds. The van der Waals surface area contributed by atoms with Crippen molar-refractivity contribution in [3.8, 4) is 56.3 Å². The number of H-pyrrole nitrogens is 1. The van der Waals surface area contributed by atoms with Gasteiger partial charge in [-0.1, -0.05) is 11.2 Å². The minimum atomic E-state index is -1.25. The summed E-state index contributed by atoms with van der Waals surface area (Å²) in [7, 11) is 1.58. The van der Waals surface area contributed by atoms with Crippen LogP contribution < -0.4 is 20.8 Å². The number of aryl methyl sites for hydroxylation is 2. The van der Waals surface area contributed by atoms with Crippen molar-refractivity contribution in [2.24, 2.45) is 0 Å². The Labute approximate surface area is 414 Å². The van der Waals surface area contributed by atoms with E-state index in [0.717, 1.165) is 16.5 Å². The Hall–Kier alpha value is -9.03. The molecule has 0 saturated carbocycles. The quantitative estimate of drug-likeness (QED) is 0.0567. The number of pyridine rings is 1. The molecule has 0 bridgehead atoms. The van der Waals surface area contributed by atoms with Crippen LogP contribution >= 0.6 is 0 Å². The predicted octanol–water partition coefficient (Wildman–Crippen LogP) is 9.04. The number of aromatic carboxylic acids is 1. The van der Waals surface area contributed by atoms with Crippen LogP contribution in [0.15, 0.2) is 111 Å². The highest BCUT2D eigenvalue weighted by molar-refractivity contribution is 6.16. The number of rotatable bonds is 12. The maximum Gasteiger partial charge on any atom is 0.336 e. The molecule has 366 valence electrons. The number of aromatic nitrogens is 5.